The van der Waals surface area contributed by atoms with Crippen LogP contribution in [0.3, 0.4) is 0 Å². The molecule has 8 nitrogen and oxygen atoms in total. The molecule has 0 aromatic heterocycles. The average molecular weight is 562 g/mol. The molecule has 4 N–H and O–H groups in total. The second-order valence-corrected chi connectivity index (χ2v) is 11.4. The van der Waals surface area contributed by atoms with Crippen LogP contribution in [0.15, 0.2) is 18.2 Å². The minimum absolute atomic E-state index is 0. The number of phosphoric acid groups is 1. The quantitative estimate of drug-likeness (QED) is 0.243. The summed E-state index contributed by atoms with van der Waals surface area (Å²) >= 11 is 11.6. The van der Waals surface area contributed by atoms with Crippen LogP contribution in [-0.4, -0.2) is 61.7 Å². The molecule has 2 fully saturated rings. The van der Waals surface area contributed by atoms with Crippen LogP contribution in [0.25, 0.3) is 0 Å². The Morgan fingerprint density at radius 2 is 1.80 bits per heavy atom. The second kappa shape index (κ2) is 13.3. The molecule has 0 unspecified atom stereocenters. The Kier molecular flexibility index (Phi) is 11.9. The molecule has 1 amide bonds. The number of rotatable bonds is 5. The topological polar surface area (TPSA) is 128 Å². The SMILES string of the molecule is C[C@]12CC[C@@H]3c4ccc(OC(=O)N(CCCl)CCCl)cc4CC[C@H]3[C@@H]1CC[C@@H]2O.O=P(O)(O)O.[H-].[Na+]. The Morgan fingerprint density at radius 1 is 1.17 bits per heavy atom. The fraction of sp³-hybridized carbons (Fsp3) is 0.696. The number of halogens is 2. The number of aliphatic hydroxyl groups excluding tert-OH is 1. The van der Waals surface area contributed by atoms with Gasteiger partial charge in [0.1, 0.15) is 5.75 Å². The van der Waals surface area contributed by atoms with Gasteiger partial charge in [0.15, 0.2) is 0 Å². The van der Waals surface area contributed by atoms with Crippen molar-refractivity contribution in [2.45, 2.75) is 57.5 Å². The van der Waals surface area contributed by atoms with Crippen molar-refractivity contribution < 1.29 is 64.9 Å². The molecule has 0 saturated heterocycles. The third-order valence-electron chi connectivity index (χ3n) is 7.82. The predicted octanol–water partition coefficient (Wildman–Crippen LogP) is 1.37. The molecule has 35 heavy (non-hydrogen) atoms. The van der Waals surface area contributed by atoms with Gasteiger partial charge in [-0.15, -0.1) is 23.2 Å². The Morgan fingerprint density at radius 3 is 2.40 bits per heavy atom. The minimum Gasteiger partial charge on any atom is -1.00 e. The number of carbonyl (C=O) groups excluding carboxylic acids is 1. The van der Waals surface area contributed by atoms with Gasteiger partial charge in [-0.1, -0.05) is 13.0 Å². The summed E-state index contributed by atoms with van der Waals surface area (Å²) in [5.74, 6) is 3.16. The van der Waals surface area contributed by atoms with Crippen molar-refractivity contribution in [3.8, 4) is 5.75 Å². The van der Waals surface area contributed by atoms with Gasteiger partial charge < -0.3 is 30.9 Å². The van der Waals surface area contributed by atoms with Crippen LogP contribution >= 0.6 is 31.0 Å². The van der Waals surface area contributed by atoms with Crippen molar-refractivity contribution in [2.75, 3.05) is 24.8 Å². The van der Waals surface area contributed by atoms with Crippen LogP contribution in [0, 0.1) is 17.3 Å². The van der Waals surface area contributed by atoms with E-state index in [1.807, 2.05) is 12.1 Å². The van der Waals surface area contributed by atoms with E-state index >= 15 is 0 Å². The van der Waals surface area contributed by atoms with Crippen molar-refractivity contribution in [1.29, 1.82) is 0 Å². The molecule has 4 rings (SSSR count). The zero-order chi connectivity index (χ0) is 25.1. The maximum absolute atomic E-state index is 12.4. The Hall–Kier alpha value is 0.140. The molecule has 0 radical (unpaired) electrons. The molecule has 3 aliphatic rings. The van der Waals surface area contributed by atoms with Crippen LogP contribution in [0.4, 0.5) is 4.79 Å². The number of benzene rings is 1. The summed E-state index contributed by atoms with van der Waals surface area (Å²) in [5, 5.41) is 10.5. The second-order valence-electron chi connectivity index (χ2n) is 9.66. The zero-order valence-corrected chi connectivity index (χ0v) is 24.7. The van der Waals surface area contributed by atoms with Crippen molar-refractivity contribution >= 4 is 37.1 Å². The number of alkyl halides is 2. The van der Waals surface area contributed by atoms with Crippen LogP contribution in [0.5, 0.6) is 5.75 Å². The maximum Gasteiger partial charge on any atom is 1.00 e. The van der Waals surface area contributed by atoms with Crippen LogP contribution in [-0.2, 0) is 11.0 Å². The van der Waals surface area contributed by atoms with E-state index in [1.54, 1.807) is 4.90 Å². The number of hydrogen-bond acceptors (Lipinski definition) is 4. The third kappa shape index (κ3) is 7.82. The average Bonchev–Trinajstić information content (AvgIpc) is 3.06. The third-order valence-corrected chi connectivity index (χ3v) is 8.16. The molecule has 0 spiro atoms. The van der Waals surface area contributed by atoms with E-state index in [-0.39, 0.29) is 42.5 Å². The first-order valence-corrected chi connectivity index (χ1v) is 14.3. The van der Waals surface area contributed by atoms with Gasteiger partial charge in [-0.05, 0) is 85.0 Å². The number of amides is 1. The summed E-state index contributed by atoms with van der Waals surface area (Å²) < 4.78 is 14.5. The minimum atomic E-state index is -4.64. The van der Waals surface area contributed by atoms with Gasteiger partial charge in [-0.2, -0.15) is 0 Å². The van der Waals surface area contributed by atoms with Gasteiger partial charge >= 0.3 is 43.5 Å². The first kappa shape index (κ1) is 31.4. The fourth-order valence-corrected chi connectivity index (χ4v) is 6.67. The van der Waals surface area contributed by atoms with Gasteiger partial charge in [0, 0.05) is 24.8 Å². The maximum atomic E-state index is 12.4. The summed E-state index contributed by atoms with van der Waals surface area (Å²) in [7, 11) is -4.64. The summed E-state index contributed by atoms with van der Waals surface area (Å²) in [5.41, 5.74) is 2.82. The zero-order valence-electron chi connectivity index (χ0n) is 21.3. The molecule has 3 aliphatic carbocycles. The fourth-order valence-electron chi connectivity index (χ4n) is 6.26. The Bertz CT molecular complexity index is 912. The van der Waals surface area contributed by atoms with Crippen molar-refractivity contribution in [2.24, 2.45) is 17.3 Å². The van der Waals surface area contributed by atoms with E-state index < -0.39 is 13.9 Å². The number of aryl methyl sites for hydroxylation is 1. The van der Waals surface area contributed by atoms with Gasteiger partial charge in [-0.25, -0.2) is 9.36 Å². The molecule has 0 bridgehead atoms. The standard InChI is InChI=1S/C23H31Cl2NO3.Na.H3O4P.H/c1-23-9-8-18-17-5-3-16(29-22(28)26(12-10-24)13-11-25)14-15(17)2-4-19(18)20(23)6-7-21(23)27;;1-5(2,3)4;/h3,5,14,18-21,27H,2,4,6-13H2,1H3;;(H3,1,2,3,4);/q;+1;;-1/t18-,19-,20+,21+,23+;;;/m1.../s1. The van der Waals surface area contributed by atoms with E-state index in [2.05, 4.69) is 13.0 Å². The number of fused-ring (bicyclic) bond motifs is 5. The molecule has 12 heteroatoms. The van der Waals surface area contributed by atoms with E-state index in [4.69, 9.17) is 47.2 Å². The number of carbonyl (C=O) groups is 1. The van der Waals surface area contributed by atoms with Crippen LogP contribution in [0.2, 0.25) is 0 Å². The molecule has 0 aliphatic heterocycles. The van der Waals surface area contributed by atoms with Gasteiger partial charge in [0.05, 0.1) is 6.10 Å². The van der Waals surface area contributed by atoms with Crippen LogP contribution < -0.4 is 34.3 Å². The normalized spacial score (nSPS) is 28.9. The number of ether oxygens (including phenoxy) is 1. The van der Waals surface area contributed by atoms with E-state index in [0.29, 0.717) is 48.4 Å². The van der Waals surface area contributed by atoms with Crippen molar-refractivity contribution in [3.63, 3.8) is 0 Å². The number of hydrogen-bond donors (Lipinski definition) is 4. The monoisotopic (exact) mass is 561 g/mol. The largest absolute Gasteiger partial charge is 1.00 e. The first-order chi connectivity index (χ1) is 16.0. The molecule has 1 aromatic carbocycles. The molecule has 0 heterocycles. The summed E-state index contributed by atoms with van der Waals surface area (Å²) in [6.45, 7) is 3.15. The van der Waals surface area contributed by atoms with E-state index in [1.165, 1.54) is 11.1 Å². The van der Waals surface area contributed by atoms with Gasteiger partial charge in [0.25, 0.3) is 0 Å². The molecule has 1 aromatic rings. The summed E-state index contributed by atoms with van der Waals surface area (Å²) in [6, 6.07) is 6.13. The smallest absolute Gasteiger partial charge is 1.00 e. The number of nitrogens with zero attached hydrogens (tertiary/aromatic N) is 1. The summed E-state index contributed by atoms with van der Waals surface area (Å²) in [6.07, 6.45) is 5.98. The predicted molar refractivity (Wildman–Crippen MR) is 131 cm³/mol. The Balaban J connectivity index is 0.000000846. The van der Waals surface area contributed by atoms with Crippen molar-refractivity contribution in [3.05, 3.63) is 29.3 Å². The van der Waals surface area contributed by atoms with E-state index in [9.17, 15) is 9.90 Å². The molecular formula is C23H35Cl2NNaO7P. The van der Waals surface area contributed by atoms with Crippen LogP contribution in [0.1, 0.15) is 57.5 Å². The van der Waals surface area contributed by atoms with Crippen molar-refractivity contribution in [1.82, 2.24) is 4.90 Å². The van der Waals surface area contributed by atoms with Gasteiger partial charge in [-0.3, -0.25) is 0 Å². The molecule has 194 valence electrons. The van der Waals surface area contributed by atoms with E-state index in [0.717, 1.165) is 38.5 Å². The summed E-state index contributed by atoms with van der Waals surface area (Å²) in [4.78, 5) is 35.5. The molecule has 2 saturated carbocycles. The van der Waals surface area contributed by atoms with Gasteiger partial charge in [0.2, 0.25) is 0 Å². The molecular weight excluding hydrogens is 527 g/mol. The first-order valence-electron chi connectivity index (χ1n) is 11.7. The number of aliphatic hydroxyl groups is 1. The Labute approximate surface area is 240 Å². The molecule has 5 atom stereocenters.